The first kappa shape index (κ1) is 12.4. The van der Waals surface area contributed by atoms with Crippen LogP contribution in [0.5, 0.6) is 0 Å². The summed E-state index contributed by atoms with van der Waals surface area (Å²) >= 11 is 3.37. The molecule has 0 bridgehead atoms. The number of aliphatic carboxylic acids is 1. The van der Waals surface area contributed by atoms with Gasteiger partial charge < -0.3 is 10.0 Å². The number of rotatable bonds is 3. The second-order valence-electron chi connectivity index (χ2n) is 4.28. The lowest BCUT2D eigenvalue weighted by Crippen LogP contribution is -2.43. The molecule has 0 aromatic rings. The Labute approximate surface area is 108 Å². The Balaban J connectivity index is 2.20. The topological polar surface area (TPSA) is 57.6 Å². The molecule has 1 N–H and O–H groups in total. The highest BCUT2D eigenvalue weighted by Crippen LogP contribution is 2.26. The van der Waals surface area contributed by atoms with Crippen molar-refractivity contribution >= 4 is 27.8 Å². The van der Waals surface area contributed by atoms with Crippen LogP contribution in [0.25, 0.3) is 0 Å². The predicted molar refractivity (Wildman–Crippen MR) is 66.9 cm³/mol. The van der Waals surface area contributed by atoms with Crippen LogP contribution in [0.4, 0.5) is 0 Å². The smallest absolute Gasteiger partial charge is 0.330 e. The zero-order chi connectivity index (χ0) is 12.4. The van der Waals surface area contributed by atoms with E-state index in [1.54, 1.807) is 0 Å². The van der Waals surface area contributed by atoms with E-state index in [2.05, 4.69) is 15.9 Å². The number of likely N-dealkylation sites (tertiary alicyclic amines) is 1. The normalized spacial score (nSPS) is 25.9. The Hall–Kier alpha value is -1.10. The fourth-order valence-electron chi connectivity index (χ4n) is 2.27. The van der Waals surface area contributed by atoms with E-state index < -0.39 is 12.0 Å². The SMILES string of the molecule is O=C(O)[C@@H](C1=CCC=CC1)N1CC(Br)CC1=O. The maximum Gasteiger partial charge on any atom is 0.330 e. The van der Waals surface area contributed by atoms with Crippen molar-refractivity contribution in [3.63, 3.8) is 0 Å². The molecule has 0 saturated carbocycles. The van der Waals surface area contributed by atoms with Gasteiger partial charge >= 0.3 is 5.97 Å². The summed E-state index contributed by atoms with van der Waals surface area (Å²) in [5, 5.41) is 9.32. The van der Waals surface area contributed by atoms with Crippen molar-refractivity contribution in [2.24, 2.45) is 0 Å². The van der Waals surface area contributed by atoms with Crippen molar-refractivity contribution in [3.05, 3.63) is 23.8 Å². The maximum atomic E-state index is 11.8. The fraction of sp³-hybridized carbons (Fsp3) is 0.500. The standard InChI is InChI=1S/C12H14BrNO3/c13-9-6-10(15)14(7-9)11(12(16)17)8-4-2-1-3-5-8/h1-2,5,9,11H,3-4,6-7H2,(H,16,17)/t9?,11-/m1/s1. The van der Waals surface area contributed by atoms with E-state index in [9.17, 15) is 14.7 Å². The van der Waals surface area contributed by atoms with Crippen LogP contribution in [0.1, 0.15) is 19.3 Å². The van der Waals surface area contributed by atoms with Crippen molar-refractivity contribution in [2.45, 2.75) is 30.1 Å². The molecule has 1 saturated heterocycles. The highest BCUT2D eigenvalue weighted by atomic mass is 79.9. The van der Waals surface area contributed by atoms with E-state index in [0.29, 0.717) is 19.4 Å². The molecule has 0 radical (unpaired) electrons. The maximum absolute atomic E-state index is 11.8. The lowest BCUT2D eigenvalue weighted by Gasteiger charge is -2.27. The first-order chi connectivity index (χ1) is 8.09. The molecule has 0 aromatic carbocycles. The number of hydrogen-bond acceptors (Lipinski definition) is 2. The average Bonchev–Trinajstić information content (AvgIpc) is 2.59. The average molecular weight is 300 g/mol. The second-order valence-corrected chi connectivity index (χ2v) is 5.57. The molecule has 1 unspecified atom stereocenters. The lowest BCUT2D eigenvalue weighted by atomic mass is 9.97. The van der Waals surface area contributed by atoms with E-state index in [0.717, 1.165) is 12.0 Å². The van der Waals surface area contributed by atoms with E-state index in [1.165, 1.54) is 4.90 Å². The number of halogens is 1. The van der Waals surface area contributed by atoms with Crippen LogP contribution in [-0.2, 0) is 9.59 Å². The minimum absolute atomic E-state index is 0.0663. The van der Waals surface area contributed by atoms with E-state index in [-0.39, 0.29) is 10.7 Å². The summed E-state index contributed by atoms with van der Waals surface area (Å²) < 4.78 is 0. The van der Waals surface area contributed by atoms with Crippen LogP contribution in [0.15, 0.2) is 23.8 Å². The summed E-state index contributed by atoms with van der Waals surface area (Å²) in [4.78, 5) is 24.7. The first-order valence-electron chi connectivity index (χ1n) is 5.60. The third-order valence-electron chi connectivity index (χ3n) is 3.04. The number of nitrogens with zero attached hydrogens (tertiary/aromatic N) is 1. The molecule has 92 valence electrons. The van der Waals surface area contributed by atoms with Crippen LogP contribution in [0, 0.1) is 0 Å². The molecule has 1 heterocycles. The van der Waals surface area contributed by atoms with Gasteiger partial charge in [0.15, 0.2) is 6.04 Å². The molecule has 4 nitrogen and oxygen atoms in total. The second kappa shape index (κ2) is 5.04. The number of carbonyl (C=O) groups excluding carboxylic acids is 1. The Morgan fingerprint density at radius 2 is 2.29 bits per heavy atom. The Bertz CT molecular complexity index is 403. The molecule has 1 aliphatic heterocycles. The predicted octanol–water partition coefficient (Wildman–Crippen LogP) is 1.71. The zero-order valence-electron chi connectivity index (χ0n) is 9.30. The third-order valence-corrected chi connectivity index (χ3v) is 3.66. The van der Waals surface area contributed by atoms with Crippen molar-refractivity contribution in [2.75, 3.05) is 6.54 Å². The molecular weight excluding hydrogens is 286 g/mol. The molecule has 0 aromatic heterocycles. The van der Waals surface area contributed by atoms with Gasteiger partial charge in [0, 0.05) is 17.8 Å². The molecule has 1 amide bonds. The van der Waals surface area contributed by atoms with Gasteiger partial charge in [0.1, 0.15) is 0 Å². The number of carboxylic acids is 1. The van der Waals surface area contributed by atoms with Crippen molar-refractivity contribution in [1.82, 2.24) is 4.90 Å². The number of hydrogen-bond donors (Lipinski definition) is 1. The first-order valence-corrected chi connectivity index (χ1v) is 6.51. The highest BCUT2D eigenvalue weighted by molar-refractivity contribution is 9.09. The summed E-state index contributed by atoms with van der Waals surface area (Å²) in [7, 11) is 0. The van der Waals surface area contributed by atoms with Crippen molar-refractivity contribution in [3.8, 4) is 0 Å². The molecule has 1 fully saturated rings. The van der Waals surface area contributed by atoms with Crippen LogP contribution in [-0.4, -0.2) is 39.3 Å². The van der Waals surface area contributed by atoms with Crippen LogP contribution < -0.4 is 0 Å². The van der Waals surface area contributed by atoms with Crippen molar-refractivity contribution in [1.29, 1.82) is 0 Å². The largest absolute Gasteiger partial charge is 0.479 e. The number of allylic oxidation sites excluding steroid dienone is 3. The van der Waals surface area contributed by atoms with E-state index in [1.807, 2.05) is 18.2 Å². The molecule has 1 aliphatic carbocycles. The van der Waals surface area contributed by atoms with Crippen LogP contribution in [0.3, 0.4) is 0 Å². The fourth-order valence-corrected chi connectivity index (χ4v) is 2.86. The molecule has 2 aliphatic rings. The van der Waals surface area contributed by atoms with Crippen molar-refractivity contribution < 1.29 is 14.7 Å². The molecule has 2 rings (SSSR count). The van der Waals surface area contributed by atoms with Gasteiger partial charge in [-0.3, -0.25) is 4.79 Å². The van der Waals surface area contributed by atoms with Gasteiger partial charge in [0.05, 0.1) is 0 Å². The van der Waals surface area contributed by atoms with E-state index >= 15 is 0 Å². The Morgan fingerprint density at radius 3 is 2.76 bits per heavy atom. The molecule has 2 atom stereocenters. The Kier molecular flexibility index (Phi) is 3.66. The summed E-state index contributed by atoms with van der Waals surface area (Å²) in [5.74, 6) is -1.03. The van der Waals surface area contributed by atoms with Gasteiger partial charge in [-0.05, 0) is 18.4 Å². The van der Waals surface area contributed by atoms with Gasteiger partial charge in [-0.15, -0.1) is 0 Å². The number of carboxylic acid groups (broad SMARTS) is 1. The molecule has 17 heavy (non-hydrogen) atoms. The van der Waals surface area contributed by atoms with Gasteiger partial charge in [-0.2, -0.15) is 0 Å². The quantitative estimate of drug-likeness (QED) is 0.637. The lowest BCUT2D eigenvalue weighted by molar-refractivity contribution is -0.146. The van der Waals surface area contributed by atoms with Gasteiger partial charge in [-0.1, -0.05) is 34.2 Å². The zero-order valence-corrected chi connectivity index (χ0v) is 10.9. The number of alkyl halides is 1. The van der Waals surface area contributed by atoms with Gasteiger partial charge in [0.2, 0.25) is 5.91 Å². The van der Waals surface area contributed by atoms with Gasteiger partial charge in [0.25, 0.3) is 0 Å². The molecular formula is C12H14BrNO3. The molecule has 0 spiro atoms. The summed E-state index contributed by atoms with van der Waals surface area (Å²) in [6.07, 6.45) is 7.62. The highest BCUT2D eigenvalue weighted by Gasteiger charge is 2.38. The Morgan fingerprint density at radius 1 is 1.53 bits per heavy atom. The van der Waals surface area contributed by atoms with Crippen LogP contribution >= 0.6 is 15.9 Å². The van der Waals surface area contributed by atoms with E-state index in [4.69, 9.17) is 0 Å². The summed E-state index contributed by atoms with van der Waals surface area (Å²) in [6, 6.07) is -0.796. The third kappa shape index (κ3) is 2.60. The number of carbonyl (C=O) groups is 2. The van der Waals surface area contributed by atoms with Crippen LogP contribution in [0.2, 0.25) is 0 Å². The number of amides is 1. The summed E-state index contributed by atoms with van der Waals surface area (Å²) in [6.45, 7) is 0.469. The molecule has 5 heteroatoms. The minimum atomic E-state index is -0.943. The summed E-state index contributed by atoms with van der Waals surface area (Å²) in [5.41, 5.74) is 0.815. The minimum Gasteiger partial charge on any atom is -0.479 e. The van der Waals surface area contributed by atoms with Gasteiger partial charge in [-0.25, -0.2) is 4.79 Å². The monoisotopic (exact) mass is 299 g/mol.